The number of carbonyl (C=O) groups excluding carboxylic acids is 2. The van der Waals surface area contributed by atoms with E-state index in [4.69, 9.17) is 34.8 Å². The molecule has 5 nitrogen and oxygen atoms in total. The number of para-hydroxylation sites is 1. The molecule has 1 aliphatic carbocycles. The Hall–Kier alpha value is -1.01. The van der Waals surface area contributed by atoms with Crippen LogP contribution in [0.25, 0.3) is 0 Å². The van der Waals surface area contributed by atoms with Crippen LogP contribution in [0.4, 0.5) is 5.69 Å². The fourth-order valence-electron chi connectivity index (χ4n) is 2.78. The van der Waals surface area contributed by atoms with Crippen LogP contribution >= 0.6 is 34.8 Å². The summed E-state index contributed by atoms with van der Waals surface area (Å²) in [5, 5.41) is 3.31. The highest BCUT2D eigenvalue weighted by Gasteiger charge is 2.57. The molecule has 0 unspecified atom stereocenters. The van der Waals surface area contributed by atoms with E-state index < -0.39 is 4.33 Å². The van der Waals surface area contributed by atoms with Gasteiger partial charge in [0.1, 0.15) is 4.33 Å². The molecule has 1 heterocycles. The summed E-state index contributed by atoms with van der Waals surface area (Å²) in [7, 11) is 0. The maximum Gasteiger partial charge on any atom is 0.238 e. The van der Waals surface area contributed by atoms with Gasteiger partial charge in [-0.15, -0.1) is 23.2 Å². The lowest BCUT2D eigenvalue weighted by molar-refractivity contribution is -0.134. The molecule has 8 heteroatoms. The number of alkyl halides is 2. The second-order valence-electron chi connectivity index (χ2n) is 6.15. The number of amides is 2. The van der Waals surface area contributed by atoms with Gasteiger partial charge in [0.25, 0.3) is 0 Å². The predicted molar refractivity (Wildman–Crippen MR) is 95.6 cm³/mol. The normalized spacial score (nSPS) is 23.0. The largest absolute Gasteiger partial charge is 0.340 e. The van der Waals surface area contributed by atoms with Crippen molar-refractivity contribution in [2.75, 3.05) is 38.0 Å². The summed E-state index contributed by atoms with van der Waals surface area (Å²) in [6.07, 6.45) is 0.523. The van der Waals surface area contributed by atoms with Gasteiger partial charge in [-0.05, 0) is 18.6 Å². The van der Waals surface area contributed by atoms with Crippen LogP contribution in [0.3, 0.4) is 0 Å². The molecule has 2 amide bonds. The molecule has 1 saturated carbocycles. The van der Waals surface area contributed by atoms with Crippen molar-refractivity contribution in [3.63, 3.8) is 0 Å². The van der Waals surface area contributed by atoms with Crippen LogP contribution in [0, 0.1) is 5.92 Å². The molecule has 1 aromatic rings. The van der Waals surface area contributed by atoms with Crippen molar-refractivity contribution in [2.24, 2.45) is 5.92 Å². The van der Waals surface area contributed by atoms with Gasteiger partial charge in [0, 0.05) is 26.2 Å². The minimum atomic E-state index is -0.886. The molecular formula is C16H18Cl3N3O2. The van der Waals surface area contributed by atoms with Gasteiger partial charge in [-0.1, -0.05) is 23.7 Å². The van der Waals surface area contributed by atoms with E-state index in [1.807, 2.05) is 17.0 Å². The zero-order chi connectivity index (χ0) is 17.3. The summed E-state index contributed by atoms with van der Waals surface area (Å²) in [6.45, 7) is 2.72. The summed E-state index contributed by atoms with van der Waals surface area (Å²) in [5.74, 6) is -0.387. The van der Waals surface area contributed by atoms with Crippen LogP contribution in [0.1, 0.15) is 6.42 Å². The van der Waals surface area contributed by atoms with Crippen molar-refractivity contribution in [2.45, 2.75) is 10.8 Å². The monoisotopic (exact) mass is 389 g/mol. The zero-order valence-corrected chi connectivity index (χ0v) is 15.2. The van der Waals surface area contributed by atoms with Gasteiger partial charge in [0.2, 0.25) is 11.8 Å². The number of rotatable bonds is 4. The summed E-state index contributed by atoms with van der Waals surface area (Å²) >= 11 is 17.9. The molecule has 130 valence electrons. The SMILES string of the molecule is O=C(CN1CCN(C(=O)[C@@H]2CC2(Cl)Cl)CC1)Nc1ccccc1Cl. The smallest absolute Gasteiger partial charge is 0.238 e. The Bertz CT molecular complexity index is 645. The van der Waals surface area contributed by atoms with E-state index >= 15 is 0 Å². The highest BCUT2D eigenvalue weighted by atomic mass is 35.5. The highest BCUT2D eigenvalue weighted by molar-refractivity contribution is 6.52. The highest BCUT2D eigenvalue weighted by Crippen LogP contribution is 2.53. The summed E-state index contributed by atoms with van der Waals surface area (Å²) in [4.78, 5) is 28.1. The first-order chi connectivity index (χ1) is 11.4. The van der Waals surface area contributed by atoms with Crippen molar-refractivity contribution in [1.82, 2.24) is 9.80 Å². The van der Waals surface area contributed by atoms with Crippen molar-refractivity contribution in [3.8, 4) is 0 Å². The molecule has 0 spiro atoms. The maximum atomic E-state index is 12.2. The van der Waals surface area contributed by atoms with Gasteiger partial charge < -0.3 is 10.2 Å². The van der Waals surface area contributed by atoms with Crippen LogP contribution < -0.4 is 5.32 Å². The zero-order valence-electron chi connectivity index (χ0n) is 13.0. The molecule has 0 radical (unpaired) electrons. The third-order valence-electron chi connectivity index (χ3n) is 4.32. The first-order valence-corrected chi connectivity index (χ1v) is 8.93. The van der Waals surface area contributed by atoms with Crippen LogP contribution in [0.15, 0.2) is 24.3 Å². The van der Waals surface area contributed by atoms with Crippen LogP contribution in [0.5, 0.6) is 0 Å². The van der Waals surface area contributed by atoms with Gasteiger partial charge in [-0.25, -0.2) is 0 Å². The van der Waals surface area contributed by atoms with Crippen LogP contribution in [-0.2, 0) is 9.59 Å². The topological polar surface area (TPSA) is 52.7 Å². The first-order valence-electron chi connectivity index (χ1n) is 7.80. The third kappa shape index (κ3) is 4.14. The maximum absolute atomic E-state index is 12.2. The molecule has 1 saturated heterocycles. The second kappa shape index (κ2) is 7.08. The molecule has 1 atom stereocenters. The van der Waals surface area contributed by atoms with Gasteiger partial charge in [0.15, 0.2) is 0 Å². The van der Waals surface area contributed by atoms with Crippen LogP contribution in [0.2, 0.25) is 5.02 Å². The Morgan fingerprint density at radius 2 is 1.79 bits per heavy atom. The van der Waals surface area contributed by atoms with Crippen molar-refractivity contribution in [1.29, 1.82) is 0 Å². The molecule has 24 heavy (non-hydrogen) atoms. The number of nitrogens with one attached hydrogen (secondary N) is 1. The fourth-order valence-corrected chi connectivity index (χ4v) is 3.46. The van der Waals surface area contributed by atoms with E-state index in [0.29, 0.717) is 43.3 Å². The van der Waals surface area contributed by atoms with Crippen LogP contribution in [-0.4, -0.2) is 58.7 Å². The number of halogens is 3. The molecule has 1 aliphatic heterocycles. The number of hydrogen-bond donors (Lipinski definition) is 1. The average Bonchev–Trinajstić information content (AvgIpc) is 3.18. The average molecular weight is 391 g/mol. The number of nitrogens with zero attached hydrogens (tertiary/aromatic N) is 2. The van der Waals surface area contributed by atoms with Gasteiger partial charge in [-0.3, -0.25) is 14.5 Å². The lowest BCUT2D eigenvalue weighted by atomic mass is 10.2. The van der Waals surface area contributed by atoms with Crippen molar-refractivity contribution in [3.05, 3.63) is 29.3 Å². The Labute approximate surface area is 155 Å². The molecule has 1 N–H and O–H groups in total. The van der Waals surface area contributed by atoms with Crippen molar-refractivity contribution >= 4 is 52.3 Å². The first kappa shape index (κ1) is 17.8. The number of benzene rings is 1. The molecule has 2 aliphatic rings. The van der Waals surface area contributed by atoms with Gasteiger partial charge in [0.05, 0.1) is 23.2 Å². The lowest BCUT2D eigenvalue weighted by Crippen LogP contribution is -2.51. The Kier molecular flexibility index (Phi) is 5.25. The summed E-state index contributed by atoms with van der Waals surface area (Å²) < 4.78 is -0.886. The van der Waals surface area contributed by atoms with E-state index in [0.717, 1.165) is 0 Å². The Morgan fingerprint density at radius 3 is 2.38 bits per heavy atom. The van der Waals surface area contributed by atoms with Crippen molar-refractivity contribution < 1.29 is 9.59 Å². The molecule has 0 bridgehead atoms. The van der Waals surface area contributed by atoms with E-state index in [-0.39, 0.29) is 24.3 Å². The number of carbonyl (C=O) groups is 2. The number of hydrogen-bond acceptors (Lipinski definition) is 3. The lowest BCUT2D eigenvalue weighted by Gasteiger charge is -2.34. The standard InChI is InChI=1S/C16H18Cl3N3O2/c17-12-3-1-2-4-13(12)20-14(23)10-21-5-7-22(8-6-21)15(24)11-9-16(11,18)19/h1-4,11H,5-10H2,(H,20,23)/t11-/m0/s1. The predicted octanol–water partition coefficient (Wildman–Crippen LogP) is 2.62. The van der Waals surface area contributed by atoms with E-state index in [2.05, 4.69) is 5.32 Å². The number of anilines is 1. The Balaban J connectivity index is 1.45. The fraction of sp³-hybridized carbons (Fsp3) is 0.500. The third-order valence-corrected chi connectivity index (χ3v) is 5.49. The molecular weight excluding hydrogens is 373 g/mol. The minimum absolute atomic E-state index is 0.0140. The number of piperazine rings is 1. The quantitative estimate of drug-likeness (QED) is 0.804. The second-order valence-corrected chi connectivity index (χ2v) is 8.10. The molecule has 0 aromatic heterocycles. The van der Waals surface area contributed by atoms with E-state index in [1.165, 1.54) is 0 Å². The minimum Gasteiger partial charge on any atom is -0.340 e. The summed E-state index contributed by atoms with van der Waals surface area (Å²) in [5.41, 5.74) is 0.604. The molecule has 2 fully saturated rings. The van der Waals surface area contributed by atoms with Gasteiger partial charge in [-0.2, -0.15) is 0 Å². The summed E-state index contributed by atoms with van der Waals surface area (Å²) in [6, 6.07) is 7.12. The molecule has 1 aromatic carbocycles. The Morgan fingerprint density at radius 1 is 1.17 bits per heavy atom. The van der Waals surface area contributed by atoms with E-state index in [1.54, 1.807) is 17.0 Å². The van der Waals surface area contributed by atoms with E-state index in [9.17, 15) is 9.59 Å². The van der Waals surface area contributed by atoms with Gasteiger partial charge >= 0.3 is 0 Å². The molecule has 3 rings (SSSR count).